The zero-order valence-corrected chi connectivity index (χ0v) is 16.5. The molecule has 1 saturated heterocycles. The number of amides is 2. The van der Waals surface area contributed by atoms with E-state index in [1.165, 1.54) is 0 Å². The quantitative estimate of drug-likeness (QED) is 0.621. The Hall–Kier alpha value is -3.21. The number of urea groups is 1. The van der Waals surface area contributed by atoms with E-state index in [1.54, 1.807) is 19.6 Å². The van der Waals surface area contributed by atoms with Crippen LogP contribution >= 0.6 is 0 Å². The van der Waals surface area contributed by atoms with Crippen LogP contribution in [-0.4, -0.2) is 88.7 Å². The van der Waals surface area contributed by atoms with Gasteiger partial charge < -0.3 is 29.5 Å². The summed E-state index contributed by atoms with van der Waals surface area (Å²) in [6.07, 6.45) is 4.12. The number of ether oxygens (including phenoxy) is 1. The van der Waals surface area contributed by atoms with E-state index in [2.05, 4.69) is 25.4 Å². The lowest BCUT2D eigenvalue weighted by atomic mass is 10.3. The Kier molecular flexibility index (Phi) is 9.36. The highest BCUT2D eigenvalue weighted by Gasteiger charge is 2.21. The number of hydrogen-bond acceptors (Lipinski definition) is 7. The van der Waals surface area contributed by atoms with E-state index in [1.807, 2.05) is 27.7 Å². The van der Waals surface area contributed by atoms with Crippen LogP contribution in [0.3, 0.4) is 0 Å². The monoisotopic (exact) mass is 405 g/mol. The Labute approximate surface area is 169 Å². The highest BCUT2D eigenvalue weighted by Crippen LogP contribution is 2.12. The minimum atomic E-state index is -0.250. The van der Waals surface area contributed by atoms with Gasteiger partial charge in [0.1, 0.15) is 18.0 Å². The molecule has 3 rings (SSSR count). The molecule has 158 valence electrons. The highest BCUT2D eigenvalue weighted by atomic mass is 16.5. The van der Waals surface area contributed by atoms with Crippen LogP contribution in [0.25, 0.3) is 0 Å². The number of nitrogens with zero attached hydrogens (tertiary/aromatic N) is 6. The van der Waals surface area contributed by atoms with Crippen molar-refractivity contribution in [1.82, 2.24) is 30.0 Å². The number of anilines is 1. The summed E-state index contributed by atoms with van der Waals surface area (Å²) in [5.74, 6) is 1.81. The molecule has 1 aliphatic heterocycles. The lowest BCUT2D eigenvalue weighted by Gasteiger charge is -2.35. The number of piperazine rings is 1. The molecule has 0 bridgehead atoms. The van der Waals surface area contributed by atoms with Gasteiger partial charge in [0.15, 0.2) is 0 Å². The largest absolute Gasteiger partial charge is 0.483 e. The predicted octanol–water partition coefficient (Wildman–Crippen LogP) is 0.0946. The zero-order valence-electron chi connectivity index (χ0n) is 16.5. The first-order valence-corrected chi connectivity index (χ1v) is 9.31. The first-order valence-electron chi connectivity index (χ1n) is 9.31. The number of rotatable bonds is 7. The molecule has 1 fully saturated rings. The number of carboxylic acid groups (broad SMARTS) is 1. The summed E-state index contributed by atoms with van der Waals surface area (Å²) in [4.78, 5) is 29.1. The maximum Gasteiger partial charge on any atom is 0.317 e. The van der Waals surface area contributed by atoms with Crippen molar-refractivity contribution in [2.45, 2.75) is 13.0 Å². The molecule has 3 heterocycles. The van der Waals surface area contributed by atoms with Gasteiger partial charge in [-0.05, 0) is 12.1 Å². The van der Waals surface area contributed by atoms with E-state index in [0.717, 1.165) is 24.7 Å². The number of carbonyl (C=O) groups is 2. The van der Waals surface area contributed by atoms with Crippen LogP contribution in [-0.2, 0) is 22.5 Å². The SMILES string of the molecule is COCCn1cnnc1CCNC(=O)N1CCN(c2ccccn2)CC1.O=CO. The van der Waals surface area contributed by atoms with Crippen molar-refractivity contribution < 1.29 is 19.4 Å². The Morgan fingerprint density at radius 1 is 1.31 bits per heavy atom. The van der Waals surface area contributed by atoms with Crippen molar-refractivity contribution in [1.29, 1.82) is 0 Å². The van der Waals surface area contributed by atoms with Crippen molar-refractivity contribution >= 4 is 18.3 Å². The predicted molar refractivity (Wildman–Crippen MR) is 106 cm³/mol. The summed E-state index contributed by atoms with van der Waals surface area (Å²) in [7, 11) is 1.66. The molecule has 2 N–H and O–H groups in total. The van der Waals surface area contributed by atoms with Gasteiger partial charge in [-0.1, -0.05) is 6.07 Å². The van der Waals surface area contributed by atoms with Crippen molar-refractivity contribution in [3.8, 4) is 0 Å². The Morgan fingerprint density at radius 3 is 2.72 bits per heavy atom. The van der Waals surface area contributed by atoms with Gasteiger partial charge in [0, 0.05) is 59.0 Å². The average Bonchev–Trinajstić information content (AvgIpc) is 3.21. The number of aromatic nitrogens is 4. The summed E-state index contributed by atoms with van der Waals surface area (Å²) in [5.41, 5.74) is 0. The lowest BCUT2D eigenvalue weighted by molar-refractivity contribution is -0.122. The van der Waals surface area contributed by atoms with Gasteiger partial charge in [-0.25, -0.2) is 9.78 Å². The molecule has 0 radical (unpaired) electrons. The van der Waals surface area contributed by atoms with Gasteiger partial charge in [0.05, 0.1) is 6.61 Å². The average molecular weight is 405 g/mol. The fraction of sp³-hybridized carbons (Fsp3) is 0.500. The van der Waals surface area contributed by atoms with Crippen LogP contribution < -0.4 is 10.2 Å². The zero-order chi connectivity index (χ0) is 20.9. The van der Waals surface area contributed by atoms with Crippen LogP contribution in [0.15, 0.2) is 30.7 Å². The molecule has 0 saturated carbocycles. The number of nitrogens with one attached hydrogen (secondary N) is 1. The molecule has 29 heavy (non-hydrogen) atoms. The topological polar surface area (TPSA) is 126 Å². The molecule has 0 spiro atoms. The van der Waals surface area contributed by atoms with Crippen LogP contribution in [0.1, 0.15) is 5.82 Å². The molecule has 11 heteroatoms. The number of hydrogen-bond donors (Lipinski definition) is 2. The number of pyridine rings is 1. The highest BCUT2D eigenvalue weighted by molar-refractivity contribution is 5.74. The summed E-state index contributed by atoms with van der Waals surface area (Å²) < 4.78 is 7.02. The molecule has 11 nitrogen and oxygen atoms in total. The minimum absolute atomic E-state index is 0.0337. The van der Waals surface area contributed by atoms with E-state index in [0.29, 0.717) is 39.2 Å². The number of carbonyl (C=O) groups excluding carboxylic acids is 1. The van der Waals surface area contributed by atoms with Gasteiger partial charge in [-0.3, -0.25) is 4.79 Å². The fourth-order valence-corrected chi connectivity index (χ4v) is 2.92. The Balaban J connectivity index is 0.000000941. The van der Waals surface area contributed by atoms with Crippen LogP contribution in [0.4, 0.5) is 10.6 Å². The van der Waals surface area contributed by atoms with Crippen molar-refractivity contribution in [3.05, 3.63) is 36.5 Å². The molecule has 0 aliphatic carbocycles. The molecular formula is C18H27N7O4. The van der Waals surface area contributed by atoms with Crippen LogP contribution in [0, 0.1) is 0 Å². The smallest absolute Gasteiger partial charge is 0.317 e. The molecule has 2 aromatic heterocycles. The van der Waals surface area contributed by atoms with Gasteiger partial charge in [-0.2, -0.15) is 0 Å². The van der Waals surface area contributed by atoms with E-state index >= 15 is 0 Å². The van der Waals surface area contributed by atoms with E-state index in [4.69, 9.17) is 14.6 Å². The molecule has 0 unspecified atom stereocenters. The van der Waals surface area contributed by atoms with Crippen molar-refractivity contribution in [2.75, 3.05) is 51.3 Å². The summed E-state index contributed by atoms with van der Waals surface area (Å²) in [6.45, 7) is 4.55. The van der Waals surface area contributed by atoms with Crippen LogP contribution in [0.5, 0.6) is 0 Å². The second kappa shape index (κ2) is 12.3. The molecular weight excluding hydrogens is 378 g/mol. The second-order valence-corrected chi connectivity index (χ2v) is 6.18. The molecule has 0 aromatic carbocycles. The molecule has 1 aliphatic rings. The normalized spacial score (nSPS) is 13.4. The molecule has 2 aromatic rings. The Bertz CT molecular complexity index is 733. The Morgan fingerprint density at radius 2 is 2.07 bits per heavy atom. The molecule has 0 atom stereocenters. The summed E-state index contributed by atoms with van der Waals surface area (Å²) >= 11 is 0. The van der Waals surface area contributed by atoms with Gasteiger partial charge in [0.2, 0.25) is 0 Å². The third-order valence-electron chi connectivity index (χ3n) is 4.40. The lowest BCUT2D eigenvalue weighted by Crippen LogP contribution is -2.52. The minimum Gasteiger partial charge on any atom is -0.483 e. The van der Waals surface area contributed by atoms with Crippen LogP contribution in [0.2, 0.25) is 0 Å². The van der Waals surface area contributed by atoms with Gasteiger partial charge in [0.25, 0.3) is 6.47 Å². The first-order chi connectivity index (χ1) is 14.2. The third kappa shape index (κ3) is 7.03. The van der Waals surface area contributed by atoms with Gasteiger partial charge in [-0.15, -0.1) is 10.2 Å². The number of methoxy groups -OCH3 is 1. The van der Waals surface area contributed by atoms with E-state index < -0.39 is 0 Å². The van der Waals surface area contributed by atoms with Crippen molar-refractivity contribution in [3.63, 3.8) is 0 Å². The third-order valence-corrected chi connectivity index (χ3v) is 4.40. The molecule has 2 amide bonds. The fourth-order valence-electron chi connectivity index (χ4n) is 2.92. The maximum atomic E-state index is 12.3. The van der Waals surface area contributed by atoms with E-state index in [9.17, 15) is 4.79 Å². The van der Waals surface area contributed by atoms with Crippen molar-refractivity contribution in [2.24, 2.45) is 0 Å². The second-order valence-electron chi connectivity index (χ2n) is 6.18. The maximum absolute atomic E-state index is 12.3. The van der Waals surface area contributed by atoms with Gasteiger partial charge >= 0.3 is 6.03 Å². The summed E-state index contributed by atoms with van der Waals surface area (Å²) in [6, 6.07) is 5.85. The standard InChI is InChI=1S/C17H25N7O2.CH2O2/c1-26-13-12-24-14-20-21-16(24)5-7-19-17(25)23-10-8-22(9-11-23)15-4-2-3-6-18-15;2-1-3/h2-4,6,14H,5,7-13H2,1H3,(H,19,25);1H,(H,2,3). The van der Waals surface area contributed by atoms with E-state index in [-0.39, 0.29) is 12.5 Å². The first kappa shape index (κ1) is 22.1. The summed E-state index contributed by atoms with van der Waals surface area (Å²) in [5, 5.41) is 17.9.